The molecule has 0 radical (unpaired) electrons. The summed E-state index contributed by atoms with van der Waals surface area (Å²) in [6.45, 7) is 1.22. The van der Waals surface area contributed by atoms with Gasteiger partial charge in [-0.2, -0.15) is 0 Å². The van der Waals surface area contributed by atoms with Crippen LogP contribution in [0.2, 0.25) is 0 Å². The first-order valence-corrected chi connectivity index (χ1v) is 6.29. The van der Waals surface area contributed by atoms with Gasteiger partial charge in [-0.1, -0.05) is 5.11 Å². The van der Waals surface area contributed by atoms with E-state index in [0.717, 1.165) is 0 Å². The van der Waals surface area contributed by atoms with Crippen LogP contribution in [0.25, 0.3) is 10.4 Å². The maximum Gasteiger partial charge on any atom is 0.330 e. The van der Waals surface area contributed by atoms with Gasteiger partial charge in [-0.3, -0.25) is 14.3 Å². The van der Waals surface area contributed by atoms with Crippen LogP contribution in [0.5, 0.6) is 0 Å². The van der Waals surface area contributed by atoms with Crippen molar-refractivity contribution in [1.82, 2.24) is 9.55 Å². The van der Waals surface area contributed by atoms with E-state index in [4.69, 9.17) is 15.0 Å². The van der Waals surface area contributed by atoms with Crippen molar-refractivity contribution in [2.45, 2.75) is 30.9 Å². The van der Waals surface area contributed by atoms with Crippen LogP contribution in [0.15, 0.2) is 20.9 Å². The number of hydrogen-bond acceptors (Lipinski definition) is 6. The summed E-state index contributed by atoms with van der Waals surface area (Å²) in [4.78, 5) is 28.2. The Hall–Kier alpha value is -2.13. The van der Waals surface area contributed by atoms with Crippen LogP contribution in [-0.4, -0.2) is 45.6 Å². The number of nitrogens with one attached hydrogen (secondary N) is 1. The van der Waals surface area contributed by atoms with Gasteiger partial charge in [0.15, 0.2) is 6.23 Å². The Kier molecular flexibility index (Phi) is 3.10. The van der Waals surface area contributed by atoms with Gasteiger partial charge in [0.05, 0.1) is 13.2 Å². The average molecular weight is 295 g/mol. The summed E-state index contributed by atoms with van der Waals surface area (Å²) in [5.74, 6) is 0. The Morgan fingerprint density at radius 2 is 2.43 bits per heavy atom. The third-order valence-corrected chi connectivity index (χ3v) is 3.87. The Morgan fingerprint density at radius 3 is 3.10 bits per heavy atom. The Balaban J connectivity index is 2.07. The maximum atomic E-state index is 11.9. The van der Waals surface area contributed by atoms with Gasteiger partial charge in [0, 0.05) is 16.7 Å². The molecule has 0 saturated carbocycles. The molecule has 21 heavy (non-hydrogen) atoms. The highest BCUT2D eigenvalue weighted by Crippen LogP contribution is 2.45. The number of rotatable bonds is 3. The summed E-state index contributed by atoms with van der Waals surface area (Å²) in [5.41, 5.74) is 6.68. The molecule has 3 heterocycles. The van der Waals surface area contributed by atoms with E-state index in [1.807, 2.05) is 0 Å². The number of aromatic amines is 1. The zero-order valence-corrected chi connectivity index (χ0v) is 11.1. The first kappa shape index (κ1) is 13.8. The number of H-pyrrole nitrogens is 1. The molecule has 1 aromatic heterocycles. The molecule has 2 unspecified atom stereocenters. The maximum absolute atomic E-state index is 11.9. The van der Waals surface area contributed by atoms with Crippen molar-refractivity contribution in [2.24, 2.45) is 5.11 Å². The monoisotopic (exact) mass is 295 g/mol. The summed E-state index contributed by atoms with van der Waals surface area (Å²) in [6.07, 6.45) is -0.214. The summed E-state index contributed by atoms with van der Waals surface area (Å²) < 4.78 is 12.4. The normalized spacial score (nSPS) is 33.9. The van der Waals surface area contributed by atoms with E-state index in [0.29, 0.717) is 5.56 Å². The summed E-state index contributed by atoms with van der Waals surface area (Å²) in [6, 6.07) is -0.739. The fourth-order valence-electron chi connectivity index (χ4n) is 2.76. The second-order valence-electron chi connectivity index (χ2n) is 5.14. The lowest BCUT2D eigenvalue weighted by Gasteiger charge is -2.30. The summed E-state index contributed by atoms with van der Waals surface area (Å²) >= 11 is 0. The number of aromatic nitrogens is 2. The van der Waals surface area contributed by atoms with E-state index < -0.39 is 41.8 Å². The molecule has 2 saturated heterocycles. The van der Waals surface area contributed by atoms with Gasteiger partial charge in [-0.25, -0.2) is 4.79 Å². The molecule has 2 bridgehead atoms. The fraction of sp³-hybridized carbons (Fsp3) is 0.636. The standard InChI is InChI=1S/C11H13N5O5/c1-5-2-16(10(19)13-8(5)18)9-6-7(14-15-12)11(3-17,21-9)4-20-6/h2,6-7,9,17H,3-4H2,1H3,(H,13,18,19)/t6?,7-,9+,11?/m0/s1. The minimum absolute atomic E-state index is 0.0748. The van der Waals surface area contributed by atoms with Crippen LogP contribution in [0, 0.1) is 6.92 Å². The van der Waals surface area contributed by atoms with Crippen molar-refractivity contribution in [1.29, 1.82) is 0 Å². The lowest BCUT2D eigenvalue weighted by Crippen LogP contribution is -2.44. The molecule has 1 aromatic rings. The van der Waals surface area contributed by atoms with Crippen molar-refractivity contribution in [3.8, 4) is 0 Å². The zero-order valence-electron chi connectivity index (χ0n) is 11.1. The van der Waals surface area contributed by atoms with Crippen LogP contribution >= 0.6 is 0 Å². The molecular weight excluding hydrogens is 282 g/mol. The highest BCUT2D eigenvalue weighted by Gasteiger charge is 2.61. The number of hydrogen-bond donors (Lipinski definition) is 2. The first-order valence-electron chi connectivity index (χ1n) is 6.29. The molecule has 2 aliphatic heterocycles. The van der Waals surface area contributed by atoms with Crippen molar-refractivity contribution >= 4 is 0 Å². The third-order valence-electron chi connectivity index (χ3n) is 3.87. The molecule has 10 nitrogen and oxygen atoms in total. The fourth-order valence-corrected chi connectivity index (χ4v) is 2.76. The first-order chi connectivity index (χ1) is 10.0. The second-order valence-corrected chi connectivity index (χ2v) is 5.14. The lowest BCUT2D eigenvalue weighted by molar-refractivity contribution is -0.185. The smallest absolute Gasteiger partial charge is 0.330 e. The molecule has 0 aliphatic carbocycles. The van der Waals surface area contributed by atoms with Crippen LogP contribution in [0.4, 0.5) is 0 Å². The van der Waals surface area contributed by atoms with Gasteiger partial charge >= 0.3 is 5.69 Å². The van der Waals surface area contributed by atoms with Crippen LogP contribution in [-0.2, 0) is 9.47 Å². The molecule has 2 aliphatic rings. The minimum atomic E-state index is -1.16. The second kappa shape index (κ2) is 4.71. The summed E-state index contributed by atoms with van der Waals surface area (Å²) in [7, 11) is 0. The third kappa shape index (κ3) is 1.88. The SMILES string of the molecule is Cc1cn([C@@H]2OC3(CO)COC2[C@@H]3N=[N+]=[N-])c(=O)[nH]c1=O. The quantitative estimate of drug-likeness (QED) is 0.425. The lowest BCUT2D eigenvalue weighted by atomic mass is 9.98. The molecule has 4 atom stereocenters. The highest BCUT2D eigenvalue weighted by molar-refractivity contribution is 5.12. The van der Waals surface area contributed by atoms with Crippen molar-refractivity contribution in [3.63, 3.8) is 0 Å². The van der Waals surface area contributed by atoms with E-state index in [1.54, 1.807) is 6.92 Å². The van der Waals surface area contributed by atoms with Gasteiger partial charge in [0.25, 0.3) is 5.56 Å². The van der Waals surface area contributed by atoms with Gasteiger partial charge < -0.3 is 14.6 Å². The van der Waals surface area contributed by atoms with E-state index >= 15 is 0 Å². The van der Waals surface area contributed by atoms with Crippen molar-refractivity contribution in [2.75, 3.05) is 13.2 Å². The van der Waals surface area contributed by atoms with Gasteiger partial charge in [-0.05, 0) is 12.5 Å². The number of aryl methyl sites for hydroxylation is 1. The predicted octanol–water partition coefficient (Wildman–Crippen LogP) is -0.817. The molecule has 0 aromatic carbocycles. The minimum Gasteiger partial charge on any atom is -0.393 e. The van der Waals surface area contributed by atoms with Gasteiger partial charge in [0.2, 0.25) is 0 Å². The van der Waals surface area contributed by atoms with Crippen molar-refractivity contribution in [3.05, 3.63) is 43.0 Å². The molecular formula is C11H13N5O5. The molecule has 3 rings (SSSR count). The molecule has 2 fully saturated rings. The molecule has 2 N–H and O–H groups in total. The Morgan fingerprint density at radius 1 is 1.67 bits per heavy atom. The molecule has 0 amide bonds. The van der Waals surface area contributed by atoms with Crippen molar-refractivity contribution < 1.29 is 14.6 Å². The number of azide groups is 1. The Labute approximate surface area is 117 Å². The predicted molar refractivity (Wildman–Crippen MR) is 68.7 cm³/mol. The average Bonchev–Trinajstić information content (AvgIpc) is 2.96. The topological polar surface area (TPSA) is 142 Å². The van der Waals surface area contributed by atoms with E-state index in [9.17, 15) is 14.7 Å². The molecule has 10 heteroatoms. The number of fused-ring (bicyclic) bond motifs is 2. The highest BCUT2D eigenvalue weighted by atomic mass is 16.6. The zero-order chi connectivity index (χ0) is 15.2. The van der Waals surface area contributed by atoms with E-state index in [1.165, 1.54) is 10.8 Å². The number of nitrogens with zero attached hydrogens (tertiary/aromatic N) is 4. The van der Waals surface area contributed by atoms with Crippen LogP contribution in [0.3, 0.4) is 0 Å². The van der Waals surface area contributed by atoms with Gasteiger partial charge in [-0.15, -0.1) is 0 Å². The van der Waals surface area contributed by atoms with Gasteiger partial charge in [0.1, 0.15) is 17.7 Å². The summed E-state index contributed by atoms with van der Waals surface area (Å²) in [5, 5.41) is 13.2. The van der Waals surface area contributed by atoms with E-state index in [-0.39, 0.29) is 6.61 Å². The van der Waals surface area contributed by atoms with Crippen LogP contribution in [0.1, 0.15) is 11.8 Å². The Bertz CT molecular complexity index is 735. The molecule has 112 valence electrons. The largest absolute Gasteiger partial charge is 0.393 e. The number of ether oxygens (including phenoxy) is 2. The number of aliphatic hydroxyl groups excluding tert-OH is 1. The van der Waals surface area contributed by atoms with E-state index in [2.05, 4.69) is 15.0 Å². The number of aliphatic hydroxyl groups is 1. The molecule has 0 spiro atoms. The van der Waals surface area contributed by atoms with Crippen LogP contribution < -0.4 is 11.2 Å².